The van der Waals surface area contributed by atoms with E-state index in [1.165, 1.54) is 0 Å². The molecule has 0 atom stereocenters. The summed E-state index contributed by atoms with van der Waals surface area (Å²) in [6, 6.07) is 32.8. The van der Waals surface area contributed by atoms with Crippen LogP contribution >= 0.6 is 22.9 Å². The number of benzene rings is 4. The van der Waals surface area contributed by atoms with Crippen LogP contribution in [0.3, 0.4) is 0 Å². The maximum Gasteiger partial charge on any atom is 0.494 e. The Labute approximate surface area is 286 Å². The third kappa shape index (κ3) is 7.58. The van der Waals surface area contributed by atoms with Crippen molar-refractivity contribution in [3.05, 3.63) is 141 Å². The lowest BCUT2D eigenvalue weighted by Crippen LogP contribution is -2.41. The van der Waals surface area contributed by atoms with Gasteiger partial charge in [0.1, 0.15) is 24.7 Å². The smallest absolute Gasteiger partial charge is 0.488 e. The maximum atomic E-state index is 14.6. The van der Waals surface area contributed by atoms with Gasteiger partial charge in [-0.3, -0.25) is 4.79 Å². The van der Waals surface area contributed by atoms with Gasteiger partial charge in [0.2, 0.25) is 0 Å². The van der Waals surface area contributed by atoms with Crippen molar-refractivity contribution in [2.45, 2.75) is 58.7 Å². The molecule has 0 N–H and O–H groups in total. The van der Waals surface area contributed by atoms with Crippen molar-refractivity contribution >= 4 is 47.1 Å². The molecule has 9 heteroatoms. The van der Waals surface area contributed by atoms with Crippen molar-refractivity contribution in [2.75, 3.05) is 4.90 Å². The zero-order chi connectivity index (χ0) is 33.0. The highest BCUT2D eigenvalue weighted by Crippen LogP contribution is 2.38. The number of rotatable bonds is 11. The van der Waals surface area contributed by atoms with Crippen molar-refractivity contribution in [3.63, 3.8) is 0 Å². The van der Waals surface area contributed by atoms with Crippen LogP contribution in [0.15, 0.2) is 114 Å². The molecule has 1 fully saturated rings. The second-order valence-electron chi connectivity index (χ2n) is 12.5. The first-order chi connectivity index (χ1) is 22.6. The highest BCUT2D eigenvalue weighted by atomic mass is 35.5. The second-order valence-corrected chi connectivity index (χ2v) is 13.7. The van der Waals surface area contributed by atoms with Crippen LogP contribution in [0.5, 0.6) is 11.5 Å². The number of hydrogen-bond donors (Lipinski definition) is 0. The summed E-state index contributed by atoms with van der Waals surface area (Å²) in [7, 11) is -0.504. The third-order valence-corrected chi connectivity index (χ3v) is 9.66. The molecular formula is C38H37BClNO5S. The van der Waals surface area contributed by atoms with E-state index in [1.54, 1.807) is 28.4 Å². The molecule has 1 saturated heterocycles. The zero-order valence-electron chi connectivity index (χ0n) is 26.9. The Morgan fingerprint density at radius 3 is 1.89 bits per heavy atom. The van der Waals surface area contributed by atoms with E-state index in [0.29, 0.717) is 35.2 Å². The molecular weight excluding hydrogens is 629 g/mol. The molecule has 2 heterocycles. The number of amides is 1. The standard InChI is InChI=1S/C38H37BClNO5S/c1-37(2)38(3,4)46-39(45-37)30-15-17-31(18-16-30)41(23-29-19-20-47-26-29)36(42)32-21-33(40)35(44-25-28-13-9-6-10-14-28)22-34(32)43-24-27-11-7-5-8-12-27/h5-22,26H,23-25H2,1-4H3. The fraction of sp³-hybridized carbons (Fsp3) is 0.237. The van der Waals surface area contributed by atoms with Gasteiger partial charge in [0.05, 0.1) is 28.3 Å². The van der Waals surface area contributed by atoms with E-state index < -0.39 is 18.3 Å². The van der Waals surface area contributed by atoms with Gasteiger partial charge in [0, 0.05) is 11.8 Å². The van der Waals surface area contributed by atoms with Gasteiger partial charge in [-0.05, 0) is 84.9 Å². The van der Waals surface area contributed by atoms with Crippen LogP contribution in [-0.4, -0.2) is 24.2 Å². The zero-order valence-corrected chi connectivity index (χ0v) is 28.5. The Hall–Kier alpha value is -4.08. The van der Waals surface area contributed by atoms with E-state index in [-0.39, 0.29) is 12.5 Å². The molecule has 0 bridgehead atoms. The molecule has 0 spiro atoms. The molecule has 6 nitrogen and oxygen atoms in total. The van der Waals surface area contributed by atoms with E-state index in [1.807, 2.05) is 129 Å². The fourth-order valence-electron chi connectivity index (χ4n) is 5.18. The Bertz CT molecular complexity index is 1780. The average Bonchev–Trinajstić information content (AvgIpc) is 3.67. The monoisotopic (exact) mass is 665 g/mol. The highest BCUT2D eigenvalue weighted by molar-refractivity contribution is 7.07. The molecule has 1 amide bonds. The van der Waals surface area contributed by atoms with Crippen LogP contribution in [0.4, 0.5) is 5.69 Å². The van der Waals surface area contributed by atoms with Crippen molar-refractivity contribution in [1.29, 1.82) is 0 Å². The van der Waals surface area contributed by atoms with Crippen LogP contribution in [0.25, 0.3) is 0 Å². The summed E-state index contributed by atoms with van der Waals surface area (Å²) in [4.78, 5) is 16.3. The van der Waals surface area contributed by atoms with Gasteiger partial charge in [-0.1, -0.05) is 84.4 Å². The minimum atomic E-state index is -0.504. The first-order valence-corrected chi connectivity index (χ1v) is 16.9. The molecule has 240 valence electrons. The molecule has 0 saturated carbocycles. The van der Waals surface area contributed by atoms with E-state index in [0.717, 1.165) is 27.8 Å². The molecule has 47 heavy (non-hydrogen) atoms. The van der Waals surface area contributed by atoms with E-state index in [4.69, 9.17) is 30.4 Å². The van der Waals surface area contributed by atoms with Crippen molar-refractivity contribution < 1.29 is 23.6 Å². The predicted octanol–water partition coefficient (Wildman–Crippen LogP) is 8.71. The number of thiophene rings is 1. The summed E-state index contributed by atoms with van der Waals surface area (Å²) < 4.78 is 25.0. The number of halogens is 1. The second kappa shape index (κ2) is 14.0. The number of nitrogens with zero attached hydrogens (tertiary/aromatic N) is 1. The molecule has 5 aromatic rings. The lowest BCUT2D eigenvalue weighted by molar-refractivity contribution is 0.00578. The average molecular weight is 666 g/mol. The van der Waals surface area contributed by atoms with E-state index in [2.05, 4.69) is 0 Å². The Morgan fingerprint density at radius 2 is 1.34 bits per heavy atom. The quantitative estimate of drug-likeness (QED) is 0.132. The van der Waals surface area contributed by atoms with E-state index >= 15 is 0 Å². The van der Waals surface area contributed by atoms with Gasteiger partial charge in [0.25, 0.3) is 5.91 Å². The van der Waals surface area contributed by atoms with Gasteiger partial charge in [0.15, 0.2) is 0 Å². The van der Waals surface area contributed by atoms with Gasteiger partial charge in [-0.2, -0.15) is 11.3 Å². The summed E-state index contributed by atoms with van der Waals surface area (Å²) in [6.07, 6.45) is 0. The minimum absolute atomic E-state index is 0.251. The summed E-state index contributed by atoms with van der Waals surface area (Å²) in [6.45, 7) is 9.08. The van der Waals surface area contributed by atoms with Crippen LogP contribution in [-0.2, 0) is 29.1 Å². The van der Waals surface area contributed by atoms with Gasteiger partial charge in [-0.15, -0.1) is 0 Å². The summed E-state index contributed by atoms with van der Waals surface area (Å²) in [5.74, 6) is 0.570. The van der Waals surface area contributed by atoms with Gasteiger partial charge in [-0.25, -0.2) is 0 Å². The van der Waals surface area contributed by atoms with Crippen molar-refractivity contribution in [2.24, 2.45) is 0 Å². The van der Waals surface area contributed by atoms with Gasteiger partial charge >= 0.3 is 7.12 Å². The fourth-order valence-corrected chi connectivity index (χ4v) is 6.06. The summed E-state index contributed by atoms with van der Waals surface area (Å²) >= 11 is 8.37. The van der Waals surface area contributed by atoms with Crippen LogP contribution in [0.2, 0.25) is 5.02 Å². The Kier molecular flexibility index (Phi) is 9.76. The lowest BCUT2D eigenvalue weighted by Gasteiger charge is -2.32. The topological polar surface area (TPSA) is 57.2 Å². The largest absolute Gasteiger partial charge is 0.494 e. The summed E-state index contributed by atoms with van der Waals surface area (Å²) in [5.41, 5.74) is 4.01. The minimum Gasteiger partial charge on any atom is -0.488 e. The van der Waals surface area contributed by atoms with Crippen LogP contribution in [0, 0.1) is 0 Å². The molecule has 1 aromatic heterocycles. The molecule has 4 aromatic carbocycles. The molecule has 1 aliphatic rings. The lowest BCUT2D eigenvalue weighted by atomic mass is 9.79. The molecule has 0 unspecified atom stereocenters. The van der Waals surface area contributed by atoms with E-state index in [9.17, 15) is 4.79 Å². The molecule has 1 aliphatic heterocycles. The van der Waals surface area contributed by atoms with Crippen molar-refractivity contribution in [3.8, 4) is 11.5 Å². The number of anilines is 1. The first kappa shape index (κ1) is 32.8. The third-order valence-electron chi connectivity index (χ3n) is 8.63. The SMILES string of the molecule is CC1(C)OB(c2ccc(N(Cc3ccsc3)C(=O)c3cc(Cl)c(OCc4ccccc4)cc3OCc3ccccc3)cc2)OC1(C)C. The number of hydrogen-bond acceptors (Lipinski definition) is 6. The Balaban J connectivity index is 1.32. The molecule has 0 radical (unpaired) electrons. The first-order valence-electron chi connectivity index (χ1n) is 15.6. The van der Waals surface area contributed by atoms with Crippen LogP contribution < -0.4 is 19.8 Å². The maximum absolute atomic E-state index is 14.6. The number of ether oxygens (including phenoxy) is 2. The summed E-state index contributed by atoms with van der Waals surface area (Å²) in [5, 5.41) is 4.37. The van der Waals surface area contributed by atoms with Crippen LogP contribution in [0.1, 0.15) is 54.7 Å². The van der Waals surface area contributed by atoms with Gasteiger partial charge < -0.3 is 23.7 Å². The molecule has 6 rings (SSSR count). The highest BCUT2D eigenvalue weighted by Gasteiger charge is 2.51. The normalized spacial score (nSPS) is 15.0. The number of carbonyl (C=O) groups excluding carboxylic acids is 1. The predicted molar refractivity (Wildman–Crippen MR) is 190 cm³/mol. The molecule has 0 aliphatic carbocycles. The Morgan fingerprint density at radius 1 is 0.766 bits per heavy atom. The number of carbonyl (C=O) groups is 1. The van der Waals surface area contributed by atoms with Crippen molar-refractivity contribution in [1.82, 2.24) is 0 Å².